The van der Waals surface area contributed by atoms with Gasteiger partial charge in [0.15, 0.2) is 0 Å². The molecule has 0 saturated heterocycles. The van der Waals surface area contributed by atoms with Crippen LogP contribution >= 0.6 is 0 Å². The number of rotatable bonds is 3. The van der Waals surface area contributed by atoms with Gasteiger partial charge in [-0.1, -0.05) is 0 Å². The number of nitrogens with zero attached hydrogens (tertiary/aromatic N) is 2. The van der Waals surface area contributed by atoms with E-state index in [1.165, 1.54) is 5.12 Å². The zero-order valence-electron chi connectivity index (χ0n) is 37.1. The summed E-state index contributed by atoms with van der Waals surface area (Å²) in [6, 6.07) is 5.49. The van der Waals surface area contributed by atoms with E-state index in [0.29, 0.717) is 36.7 Å². The molecule has 1 heterocycles. The summed E-state index contributed by atoms with van der Waals surface area (Å²) < 4.78 is 0.471. The minimum absolute atomic E-state index is 0. The molecule has 0 saturated carbocycles. The Balaban J connectivity index is 0.00000561. The van der Waals surface area contributed by atoms with Crippen LogP contribution in [0.25, 0.3) is 5.70 Å². The average Bonchev–Trinajstić information content (AvgIpc) is 2.95. The van der Waals surface area contributed by atoms with Crippen molar-refractivity contribution in [2.24, 2.45) is 5.10 Å². The predicted octanol–water partition coefficient (Wildman–Crippen LogP) is 4.36. The molecule has 0 bridgehead atoms. The molecule has 1 aliphatic rings. The number of allylic oxidation sites excluding steroid dienone is 1. The van der Waals surface area contributed by atoms with Crippen LogP contribution in [0.15, 0.2) is 26.6 Å². The molecular formula is C45H64Cl2N3O6Zr. The van der Waals surface area contributed by atoms with Crippen LogP contribution in [0.2, 0.25) is 0 Å². The van der Waals surface area contributed by atoms with Crippen LogP contribution in [0.5, 0.6) is 34.5 Å². The van der Waals surface area contributed by atoms with Gasteiger partial charge in [-0.25, -0.2) is 0 Å². The van der Waals surface area contributed by atoms with Gasteiger partial charge in [0.05, 0.1) is 0 Å². The number of phenolic OH excluding ortho intramolecular Hbond substituents is 6. The van der Waals surface area contributed by atoms with Gasteiger partial charge in [-0.05, 0) is 0 Å². The first-order valence-corrected chi connectivity index (χ1v) is 20.2. The summed E-state index contributed by atoms with van der Waals surface area (Å²) in [7, 11) is 0. The molecule has 0 atom stereocenters. The predicted molar refractivity (Wildman–Crippen MR) is 221 cm³/mol. The molecule has 4 rings (SSSR count). The molecule has 0 radical (unpaired) electrons. The molecule has 0 fully saturated rings. The molecule has 12 heteroatoms. The SMILES string of the molecule is CC(C)(C)c1cc(C(C)(C)C)c(O)c(C2=NN(c3c(O)c(C(C)(C)C)cc(C(C)(C)C)c3O)NC(c3c(O)c(C(C)(C)C)cc(C(C)(C)C)c3O)=[C]2[Zr+2])c1O.[Cl-].[Cl-]. The van der Waals surface area contributed by atoms with E-state index in [-0.39, 0.29) is 87.5 Å². The van der Waals surface area contributed by atoms with Crippen LogP contribution in [0, 0.1) is 0 Å². The largest absolute Gasteiger partial charge is 1.00 e. The van der Waals surface area contributed by atoms with Crippen molar-refractivity contribution in [3.05, 3.63) is 66.0 Å². The third kappa shape index (κ3) is 9.39. The smallest absolute Gasteiger partial charge is 1.00 e. The van der Waals surface area contributed by atoms with E-state index in [1.807, 2.05) is 143 Å². The number of phenols is 6. The van der Waals surface area contributed by atoms with Gasteiger partial charge in [-0.3, -0.25) is 0 Å². The number of hydrogen-bond donors (Lipinski definition) is 7. The van der Waals surface area contributed by atoms with Crippen molar-refractivity contribution < 1.29 is 80.2 Å². The summed E-state index contributed by atoms with van der Waals surface area (Å²) in [5, 5.41) is 79.4. The van der Waals surface area contributed by atoms with Gasteiger partial charge in [-0.2, -0.15) is 0 Å². The van der Waals surface area contributed by atoms with E-state index in [2.05, 4.69) is 5.43 Å². The van der Waals surface area contributed by atoms with Crippen molar-refractivity contribution in [1.82, 2.24) is 5.43 Å². The molecule has 57 heavy (non-hydrogen) atoms. The average molecular weight is 905 g/mol. The normalized spacial score (nSPS) is 14.5. The second-order valence-corrected chi connectivity index (χ2v) is 22.5. The number of hydrogen-bond acceptors (Lipinski definition) is 9. The molecule has 0 unspecified atom stereocenters. The van der Waals surface area contributed by atoms with Gasteiger partial charge in [-0.15, -0.1) is 0 Å². The first kappa shape index (κ1) is 50.1. The Morgan fingerprint density at radius 1 is 0.439 bits per heavy atom. The van der Waals surface area contributed by atoms with Gasteiger partial charge in [0.25, 0.3) is 0 Å². The molecule has 313 valence electrons. The maximum absolute atomic E-state index is 12.2. The van der Waals surface area contributed by atoms with Crippen LogP contribution in [0.1, 0.15) is 169 Å². The van der Waals surface area contributed by atoms with Crippen LogP contribution < -0.4 is 35.4 Å². The number of halogens is 2. The van der Waals surface area contributed by atoms with E-state index >= 15 is 0 Å². The van der Waals surface area contributed by atoms with Crippen molar-refractivity contribution in [2.45, 2.75) is 157 Å². The molecule has 0 spiro atoms. The van der Waals surface area contributed by atoms with Gasteiger partial charge < -0.3 is 24.8 Å². The fourth-order valence-electron chi connectivity index (χ4n) is 6.98. The van der Waals surface area contributed by atoms with E-state index < -0.39 is 32.5 Å². The van der Waals surface area contributed by atoms with Gasteiger partial charge in [0.2, 0.25) is 0 Å². The first-order chi connectivity index (χ1) is 24.5. The molecule has 3 aromatic carbocycles. The van der Waals surface area contributed by atoms with E-state index in [1.54, 1.807) is 0 Å². The molecule has 0 amide bonds. The van der Waals surface area contributed by atoms with Crippen molar-refractivity contribution in [3.8, 4) is 34.5 Å². The van der Waals surface area contributed by atoms with Gasteiger partial charge in [0, 0.05) is 0 Å². The van der Waals surface area contributed by atoms with Crippen LogP contribution in [-0.2, 0) is 57.2 Å². The second-order valence-electron chi connectivity index (χ2n) is 21.2. The molecule has 1 aliphatic heterocycles. The minimum Gasteiger partial charge on any atom is -1.00 e. The Morgan fingerprint density at radius 3 is 0.947 bits per heavy atom. The topological polar surface area (TPSA) is 149 Å². The fourth-order valence-corrected chi connectivity index (χ4v) is 7.86. The number of aromatic hydroxyl groups is 6. The second kappa shape index (κ2) is 15.8. The molecule has 0 aliphatic carbocycles. The number of benzene rings is 3. The van der Waals surface area contributed by atoms with Crippen molar-refractivity contribution in [3.63, 3.8) is 0 Å². The van der Waals surface area contributed by atoms with E-state index in [0.717, 1.165) is 24.7 Å². The zero-order chi connectivity index (χ0) is 42.5. The summed E-state index contributed by atoms with van der Waals surface area (Å²) in [6.45, 7) is 35.6. The summed E-state index contributed by atoms with van der Waals surface area (Å²) in [6.07, 6.45) is 0. The van der Waals surface area contributed by atoms with Crippen LogP contribution in [-0.4, -0.2) is 36.4 Å². The Kier molecular flexibility index (Phi) is 13.9. The number of hydrazone groups is 1. The first-order valence-electron chi connectivity index (χ1n) is 18.9. The Bertz CT molecular complexity index is 2000. The Morgan fingerprint density at radius 2 is 0.684 bits per heavy atom. The van der Waals surface area contributed by atoms with Crippen molar-refractivity contribution >= 4 is 17.1 Å². The molecular weight excluding hydrogens is 841 g/mol. The zero-order valence-corrected chi connectivity index (χ0v) is 41.0. The van der Waals surface area contributed by atoms with Crippen LogP contribution in [0.3, 0.4) is 0 Å². The number of hydrazine groups is 1. The summed E-state index contributed by atoms with van der Waals surface area (Å²) >= 11 is 0.774. The maximum atomic E-state index is 12.2. The Labute approximate surface area is 368 Å². The van der Waals surface area contributed by atoms with Crippen molar-refractivity contribution in [1.29, 1.82) is 0 Å². The molecule has 3 aromatic rings. The third-order valence-corrected chi connectivity index (χ3v) is 11.4. The van der Waals surface area contributed by atoms with Crippen LogP contribution in [0.4, 0.5) is 5.69 Å². The molecule has 0 aromatic heterocycles. The third-order valence-electron chi connectivity index (χ3n) is 10.2. The summed E-state index contributed by atoms with van der Waals surface area (Å²) in [4.78, 5) is 0. The maximum Gasteiger partial charge on any atom is -1.00 e. The number of anilines is 1. The monoisotopic (exact) mass is 902 g/mol. The quantitative estimate of drug-likeness (QED) is 0.205. The van der Waals surface area contributed by atoms with Gasteiger partial charge in [0.1, 0.15) is 0 Å². The van der Waals surface area contributed by atoms with E-state index in [4.69, 9.17) is 5.10 Å². The molecule has 7 N–H and O–H groups in total. The summed E-state index contributed by atoms with van der Waals surface area (Å²) in [5.41, 5.74) is 3.99. The van der Waals surface area contributed by atoms with Gasteiger partial charge >= 0.3 is 346 Å². The van der Waals surface area contributed by atoms with E-state index in [9.17, 15) is 30.6 Å². The molecule has 9 nitrogen and oxygen atoms in total. The number of nitrogens with one attached hydrogen (secondary N) is 1. The standard InChI is InChI=1S/C45H64N3O6.2ClH.Zr/c1-40(2,3)23-19-24(41(4,5)6)35(50)31(34(23)49)29-22-30(32-36(51)25(42(7,8)9)20-26(37(32)52)43(10,11)12)47-48(46-29)33-38(53)27(44(13,14)15)21-28(39(33)54)45(16,17)18;;;/h19-21,46,49-54H,1-18H3;2*1H;/q;;;+2/p-2. The van der Waals surface area contributed by atoms with Crippen molar-refractivity contribution in [2.75, 3.05) is 5.12 Å². The fraction of sp³-hybridized carbons (Fsp3) is 0.533. The minimum atomic E-state index is -0.563. The summed E-state index contributed by atoms with van der Waals surface area (Å²) in [5.74, 6) is -1.09. The Hall–Kier alpha value is -3.07.